The molecule has 1 atom stereocenters. The number of nitrogens with zero attached hydrogens (tertiary/aromatic N) is 2. The third-order valence-corrected chi connectivity index (χ3v) is 2.87. The van der Waals surface area contributed by atoms with Crippen molar-refractivity contribution in [2.45, 2.75) is 33.7 Å². The van der Waals surface area contributed by atoms with E-state index in [4.69, 9.17) is 0 Å². The van der Waals surface area contributed by atoms with Crippen LogP contribution in [0.5, 0.6) is 0 Å². The van der Waals surface area contributed by atoms with Crippen molar-refractivity contribution in [1.82, 2.24) is 9.55 Å². The van der Waals surface area contributed by atoms with Crippen LogP contribution in [-0.4, -0.2) is 9.55 Å². The highest BCUT2D eigenvalue weighted by atomic mass is 15.1. The van der Waals surface area contributed by atoms with E-state index in [2.05, 4.69) is 36.5 Å². The second kappa shape index (κ2) is 2.35. The van der Waals surface area contributed by atoms with E-state index in [1.807, 2.05) is 6.20 Å². The van der Waals surface area contributed by atoms with Gasteiger partial charge in [-0.2, -0.15) is 0 Å². The Morgan fingerprint density at radius 1 is 1.50 bits per heavy atom. The summed E-state index contributed by atoms with van der Waals surface area (Å²) in [7, 11) is 0. The Morgan fingerprint density at radius 3 is 2.83 bits per heavy atom. The van der Waals surface area contributed by atoms with Crippen molar-refractivity contribution in [2.75, 3.05) is 0 Å². The molecule has 0 fully saturated rings. The van der Waals surface area contributed by atoms with Gasteiger partial charge in [0.2, 0.25) is 0 Å². The van der Waals surface area contributed by atoms with Gasteiger partial charge in [-0.1, -0.05) is 20.8 Å². The van der Waals surface area contributed by atoms with E-state index < -0.39 is 0 Å². The number of rotatable bonds is 0. The number of hydrogen-bond donors (Lipinski definition) is 0. The summed E-state index contributed by atoms with van der Waals surface area (Å²) in [6.07, 6.45) is 5.13. The lowest BCUT2D eigenvalue weighted by Gasteiger charge is -2.25. The minimum absolute atomic E-state index is 0.417. The van der Waals surface area contributed by atoms with Crippen LogP contribution >= 0.6 is 0 Å². The Kier molecular flexibility index (Phi) is 1.53. The van der Waals surface area contributed by atoms with Crippen LogP contribution in [0.4, 0.5) is 0 Å². The van der Waals surface area contributed by atoms with Crippen LogP contribution in [-0.2, 0) is 13.0 Å². The predicted octanol–water partition coefficient (Wildman–Crippen LogP) is 2.10. The molecule has 66 valence electrons. The number of fused-ring (bicyclic) bond motifs is 1. The maximum Gasteiger partial charge on any atom is 0.108 e. The predicted molar refractivity (Wildman–Crippen MR) is 48.9 cm³/mol. The fourth-order valence-electron chi connectivity index (χ4n) is 1.80. The van der Waals surface area contributed by atoms with Gasteiger partial charge < -0.3 is 4.57 Å². The first kappa shape index (κ1) is 7.84. The lowest BCUT2D eigenvalue weighted by Crippen LogP contribution is -2.21. The molecule has 2 heteroatoms. The first-order chi connectivity index (χ1) is 5.57. The zero-order chi connectivity index (χ0) is 8.77. The smallest absolute Gasteiger partial charge is 0.108 e. The lowest BCUT2D eigenvalue weighted by molar-refractivity contribution is 0.236. The SMILES string of the molecule is CC(C)(C)C1Cc2nccn2C1. The maximum absolute atomic E-state index is 4.32. The van der Waals surface area contributed by atoms with Crippen molar-refractivity contribution in [3.63, 3.8) is 0 Å². The number of imidazole rings is 1. The van der Waals surface area contributed by atoms with Gasteiger partial charge >= 0.3 is 0 Å². The normalized spacial score (nSPS) is 22.8. The molecule has 0 radical (unpaired) electrons. The number of aromatic nitrogens is 2. The number of hydrogen-bond acceptors (Lipinski definition) is 1. The summed E-state index contributed by atoms with van der Waals surface area (Å²) in [6.45, 7) is 8.08. The quantitative estimate of drug-likeness (QED) is 0.574. The molecule has 1 aliphatic heterocycles. The van der Waals surface area contributed by atoms with Crippen LogP contribution < -0.4 is 0 Å². The molecule has 1 unspecified atom stereocenters. The molecule has 0 bridgehead atoms. The Morgan fingerprint density at radius 2 is 2.25 bits per heavy atom. The molecule has 0 saturated heterocycles. The highest BCUT2D eigenvalue weighted by Crippen LogP contribution is 2.34. The Labute approximate surface area is 73.6 Å². The van der Waals surface area contributed by atoms with Crippen LogP contribution in [0.1, 0.15) is 26.6 Å². The summed E-state index contributed by atoms with van der Waals surface area (Å²) in [5, 5.41) is 0. The third-order valence-electron chi connectivity index (χ3n) is 2.87. The van der Waals surface area contributed by atoms with Gasteiger partial charge in [0.05, 0.1) is 0 Å². The van der Waals surface area contributed by atoms with E-state index >= 15 is 0 Å². The fourth-order valence-corrected chi connectivity index (χ4v) is 1.80. The van der Waals surface area contributed by atoms with E-state index in [0.717, 1.165) is 18.9 Å². The first-order valence-electron chi connectivity index (χ1n) is 4.57. The molecule has 1 aliphatic rings. The van der Waals surface area contributed by atoms with E-state index in [1.54, 1.807) is 0 Å². The van der Waals surface area contributed by atoms with E-state index in [9.17, 15) is 0 Å². The van der Waals surface area contributed by atoms with Crippen LogP contribution in [0.25, 0.3) is 0 Å². The molecular weight excluding hydrogens is 148 g/mol. The largest absolute Gasteiger partial charge is 0.335 e. The summed E-state index contributed by atoms with van der Waals surface area (Å²) >= 11 is 0. The van der Waals surface area contributed by atoms with Crippen molar-refractivity contribution in [3.8, 4) is 0 Å². The Bertz CT molecular complexity index is 260. The minimum atomic E-state index is 0.417. The molecule has 0 N–H and O–H groups in total. The highest BCUT2D eigenvalue weighted by molar-refractivity contribution is 5.01. The molecule has 1 aromatic heterocycles. The summed E-state index contributed by atoms with van der Waals surface area (Å²) in [6, 6.07) is 0. The molecule has 0 spiro atoms. The molecule has 1 aromatic rings. The van der Waals surface area contributed by atoms with Gasteiger partial charge in [-0.15, -0.1) is 0 Å². The van der Waals surface area contributed by atoms with Crippen molar-refractivity contribution in [3.05, 3.63) is 18.2 Å². The van der Waals surface area contributed by atoms with E-state index in [1.165, 1.54) is 5.82 Å². The van der Waals surface area contributed by atoms with Crippen molar-refractivity contribution < 1.29 is 0 Å². The van der Waals surface area contributed by atoms with Gasteiger partial charge in [0.15, 0.2) is 0 Å². The topological polar surface area (TPSA) is 17.8 Å². The van der Waals surface area contributed by atoms with Gasteiger partial charge in [-0.25, -0.2) is 4.98 Å². The van der Waals surface area contributed by atoms with E-state index in [0.29, 0.717) is 5.41 Å². The van der Waals surface area contributed by atoms with Gasteiger partial charge in [-0.3, -0.25) is 0 Å². The molecule has 2 nitrogen and oxygen atoms in total. The molecule has 0 aliphatic carbocycles. The monoisotopic (exact) mass is 164 g/mol. The zero-order valence-corrected chi connectivity index (χ0v) is 8.04. The summed E-state index contributed by atoms with van der Waals surface area (Å²) in [5.41, 5.74) is 0.417. The average Bonchev–Trinajstić information content (AvgIpc) is 2.37. The van der Waals surface area contributed by atoms with Gasteiger partial charge in [0.25, 0.3) is 0 Å². The molecule has 2 heterocycles. The van der Waals surface area contributed by atoms with Crippen LogP contribution in [0.2, 0.25) is 0 Å². The standard InChI is InChI=1S/C10H16N2/c1-10(2,3)8-6-9-11-4-5-12(9)7-8/h4-5,8H,6-7H2,1-3H3. The van der Waals surface area contributed by atoms with Crippen molar-refractivity contribution in [2.24, 2.45) is 11.3 Å². The summed E-state index contributed by atoms with van der Waals surface area (Å²) in [4.78, 5) is 4.32. The minimum Gasteiger partial charge on any atom is -0.335 e. The molecule has 2 rings (SSSR count). The second-order valence-corrected chi connectivity index (χ2v) is 4.76. The van der Waals surface area contributed by atoms with Gasteiger partial charge in [-0.05, 0) is 11.3 Å². The average molecular weight is 164 g/mol. The van der Waals surface area contributed by atoms with Crippen LogP contribution in [0.15, 0.2) is 12.4 Å². The van der Waals surface area contributed by atoms with Gasteiger partial charge in [0, 0.05) is 25.4 Å². The second-order valence-electron chi connectivity index (χ2n) is 4.76. The van der Waals surface area contributed by atoms with Crippen molar-refractivity contribution in [1.29, 1.82) is 0 Å². The maximum atomic E-state index is 4.32. The molecular formula is C10H16N2. The zero-order valence-electron chi connectivity index (χ0n) is 8.04. The van der Waals surface area contributed by atoms with Gasteiger partial charge in [0.1, 0.15) is 5.82 Å². The molecule has 0 aromatic carbocycles. The van der Waals surface area contributed by atoms with Crippen LogP contribution in [0, 0.1) is 11.3 Å². The van der Waals surface area contributed by atoms with Crippen LogP contribution in [0.3, 0.4) is 0 Å². The Balaban J connectivity index is 2.18. The third kappa shape index (κ3) is 1.15. The Hall–Kier alpha value is -0.790. The fraction of sp³-hybridized carbons (Fsp3) is 0.700. The lowest BCUT2D eigenvalue weighted by atomic mass is 9.80. The highest BCUT2D eigenvalue weighted by Gasteiger charge is 2.31. The molecule has 0 amide bonds. The summed E-state index contributed by atoms with van der Waals surface area (Å²) in [5.74, 6) is 2.02. The summed E-state index contributed by atoms with van der Waals surface area (Å²) < 4.78 is 2.27. The van der Waals surface area contributed by atoms with Crippen molar-refractivity contribution >= 4 is 0 Å². The van der Waals surface area contributed by atoms with E-state index in [-0.39, 0.29) is 0 Å². The molecule has 12 heavy (non-hydrogen) atoms. The first-order valence-corrected chi connectivity index (χ1v) is 4.57. The molecule has 0 saturated carbocycles.